The number of fused-ring (bicyclic) bond motifs is 1. The predicted octanol–water partition coefficient (Wildman–Crippen LogP) is 2.16. The van der Waals surface area contributed by atoms with Crippen molar-refractivity contribution in [3.63, 3.8) is 0 Å². The molecule has 20 heavy (non-hydrogen) atoms. The van der Waals surface area contributed by atoms with Crippen LogP contribution in [0.3, 0.4) is 0 Å². The van der Waals surface area contributed by atoms with E-state index in [-0.39, 0.29) is 5.91 Å². The number of nitrogen functional groups attached to an aromatic ring is 1. The molecule has 0 saturated carbocycles. The molecule has 2 aromatic rings. The first-order chi connectivity index (χ1) is 9.65. The van der Waals surface area contributed by atoms with Crippen LogP contribution >= 0.6 is 0 Å². The zero-order valence-corrected chi connectivity index (χ0v) is 11.2. The molecule has 0 aliphatic carbocycles. The van der Waals surface area contributed by atoms with Gasteiger partial charge in [0.1, 0.15) is 0 Å². The number of carbonyl (C=O) groups excluding carboxylic acids is 1. The smallest absolute Gasteiger partial charge is 0.224 e. The molecule has 3 N–H and O–H groups in total. The summed E-state index contributed by atoms with van der Waals surface area (Å²) in [6.45, 7) is 2.78. The number of benzene rings is 1. The Morgan fingerprint density at radius 3 is 3.05 bits per heavy atom. The maximum absolute atomic E-state index is 11.4. The van der Waals surface area contributed by atoms with Gasteiger partial charge in [-0.15, -0.1) is 0 Å². The lowest BCUT2D eigenvalue weighted by Gasteiger charge is -2.18. The van der Waals surface area contributed by atoms with Crippen LogP contribution in [0.2, 0.25) is 0 Å². The van der Waals surface area contributed by atoms with Crippen LogP contribution in [-0.2, 0) is 17.8 Å². The topological polar surface area (TPSA) is 82.2 Å². The predicted molar refractivity (Wildman–Crippen MR) is 75.8 cm³/mol. The van der Waals surface area contributed by atoms with Crippen molar-refractivity contribution in [3.05, 3.63) is 30.1 Å². The van der Waals surface area contributed by atoms with Gasteiger partial charge in [-0.1, -0.05) is 0 Å². The van der Waals surface area contributed by atoms with E-state index < -0.39 is 0 Å². The number of aromatic nitrogens is 2. The fraction of sp³-hybridized carbons (Fsp3) is 0.286. The highest BCUT2D eigenvalue weighted by molar-refractivity contribution is 5.94. The highest BCUT2D eigenvalue weighted by Gasteiger charge is 2.17. The van der Waals surface area contributed by atoms with Crippen molar-refractivity contribution >= 4 is 17.3 Å². The van der Waals surface area contributed by atoms with Crippen LogP contribution < -0.4 is 15.8 Å². The van der Waals surface area contributed by atoms with Gasteiger partial charge < -0.3 is 15.8 Å². The molecule has 1 aromatic heterocycles. The van der Waals surface area contributed by atoms with Crippen LogP contribution in [0.25, 0.3) is 0 Å². The third kappa shape index (κ3) is 2.32. The molecule has 6 nitrogen and oxygen atoms in total. The molecule has 0 bridgehead atoms. The molecule has 1 aliphatic heterocycles. The molecule has 3 rings (SSSR count). The summed E-state index contributed by atoms with van der Waals surface area (Å²) < 4.78 is 7.50. The number of carbonyl (C=O) groups is 1. The zero-order chi connectivity index (χ0) is 14.1. The van der Waals surface area contributed by atoms with Crippen LogP contribution in [0.1, 0.15) is 18.9 Å². The summed E-state index contributed by atoms with van der Waals surface area (Å²) in [7, 11) is 0. The van der Waals surface area contributed by atoms with Crippen LogP contribution in [0, 0.1) is 0 Å². The van der Waals surface area contributed by atoms with Crippen LogP contribution in [0.4, 0.5) is 11.4 Å². The number of ether oxygens (including phenoxy) is 1. The lowest BCUT2D eigenvalue weighted by Crippen LogP contribution is -2.19. The maximum Gasteiger partial charge on any atom is 0.224 e. The average molecular weight is 272 g/mol. The number of nitrogens with two attached hydrogens (primary N) is 1. The number of aryl methyl sites for hydroxylation is 2. The van der Waals surface area contributed by atoms with Crippen molar-refractivity contribution in [2.45, 2.75) is 26.3 Å². The van der Waals surface area contributed by atoms with Gasteiger partial charge in [0.2, 0.25) is 5.91 Å². The van der Waals surface area contributed by atoms with Crippen molar-refractivity contribution in [1.82, 2.24) is 9.78 Å². The normalized spacial score (nSPS) is 13.8. The van der Waals surface area contributed by atoms with E-state index in [1.54, 1.807) is 23.1 Å². The zero-order valence-electron chi connectivity index (χ0n) is 11.2. The second kappa shape index (κ2) is 4.88. The molecule has 0 spiro atoms. The Kier molecular flexibility index (Phi) is 3.06. The molecule has 0 atom stereocenters. The fourth-order valence-electron chi connectivity index (χ4n) is 2.21. The lowest BCUT2D eigenvalue weighted by atomic mass is 10.0. The lowest BCUT2D eigenvalue weighted by molar-refractivity contribution is -0.116. The molecular weight excluding hydrogens is 256 g/mol. The third-order valence-corrected chi connectivity index (χ3v) is 3.29. The summed E-state index contributed by atoms with van der Waals surface area (Å²) in [5.41, 5.74) is 8.37. The van der Waals surface area contributed by atoms with Gasteiger partial charge in [0, 0.05) is 24.7 Å². The summed E-state index contributed by atoms with van der Waals surface area (Å²) >= 11 is 0. The molecule has 104 valence electrons. The Bertz CT molecular complexity index is 663. The average Bonchev–Trinajstić information content (AvgIpc) is 2.88. The maximum atomic E-state index is 11.4. The fourth-order valence-corrected chi connectivity index (χ4v) is 2.21. The molecular formula is C14H16N4O2. The quantitative estimate of drug-likeness (QED) is 0.839. The van der Waals surface area contributed by atoms with Crippen LogP contribution in [0.15, 0.2) is 24.5 Å². The van der Waals surface area contributed by atoms with E-state index in [4.69, 9.17) is 10.5 Å². The number of nitrogens with one attached hydrogen (secondary N) is 1. The van der Waals surface area contributed by atoms with E-state index >= 15 is 0 Å². The first-order valence-corrected chi connectivity index (χ1v) is 6.58. The van der Waals surface area contributed by atoms with E-state index in [1.807, 2.05) is 13.0 Å². The number of hydrogen-bond donors (Lipinski definition) is 2. The second-order valence-corrected chi connectivity index (χ2v) is 4.73. The minimum atomic E-state index is 0.0204. The van der Waals surface area contributed by atoms with Gasteiger partial charge in [-0.05, 0) is 25.0 Å². The number of anilines is 2. The van der Waals surface area contributed by atoms with E-state index in [1.165, 1.54) is 0 Å². The second-order valence-electron chi connectivity index (χ2n) is 4.73. The number of rotatable bonds is 3. The van der Waals surface area contributed by atoms with Crippen LogP contribution in [-0.4, -0.2) is 15.7 Å². The standard InChI is InChI=1S/C14H16N4O2/c1-2-18-8-10(7-16-18)20-13-6-12-9(5-11(13)15)3-4-14(19)17-12/h5-8H,2-4,15H2,1H3,(H,17,19). The van der Waals surface area contributed by atoms with E-state index in [0.29, 0.717) is 30.0 Å². The molecule has 1 amide bonds. The van der Waals surface area contributed by atoms with E-state index in [2.05, 4.69) is 10.4 Å². The van der Waals surface area contributed by atoms with Crippen molar-refractivity contribution in [2.75, 3.05) is 11.1 Å². The summed E-state index contributed by atoms with van der Waals surface area (Å²) in [5, 5.41) is 6.98. The molecule has 6 heteroatoms. The Balaban J connectivity index is 1.89. The van der Waals surface area contributed by atoms with Gasteiger partial charge in [0.25, 0.3) is 0 Å². The number of hydrogen-bond acceptors (Lipinski definition) is 4. The SMILES string of the molecule is CCn1cc(Oc2cc3c(cc2N)CCC(=O)N3)cn1. The minimum Gasteiger partial charge on any atom is -0.452 e. The molecule has 0 radical (unpaired) electrons. The Morgan fingerprint density at radius 1 is 1.45 bits per heavy atom. The summed E-state index contributed by atoms with van der Waals surface area (Å²) in [5.74, 6) is 1.18. The third-order valence-electron chi connectivity index (χ3n) is 3.29. The van der Waals surface area contributed by atoms with E-state index in [0.717, 1.165) is 17.8 Å². The summed E-state index contributed by atoms with van der Waals surface area (Å²) in [4.78, 5) is 11.4. The van der Waals surface area contributed by atoms with Gasteiger partial charge in [-0.2, -0.15) is 5.10 Å². The minimum absolute atomic E-state index is 0.0204. The summed E-state index contributed by atoms with van der Waals surface area (Å²) in [6, 6.07) is 3.62. The Hall–Kier alpha value is -2.50. The highest BCUT2D eigenvalue weighted by atomic mass is 16.5. The Labute approximate surface area is 116 Å². The van der Waals surface area contributed by atoms with Crippen molar-refractivity contribution in [3.8, 4) is 11.5 Å². The van der Waals surface area contributed by atoms with Crippen molar-refractivity contribution in [1.29, 1.82) is 0 Å². The molecule has 1 aliphatic rings. The number of amides is 1. The largest absolute Gasteiger partial charge is 0.452 e. The van der Waals surface area contributed by atoms with Gasteiger partial charge in [-0.3, -0.25) is 9.48 Å². The van der Waals surface area contributed by atoms with E-state index in [9.17, 15) is 4.79 Å². The molecule has 1 aromatic carbocycles. The van der Waals surface area contributed by atoms with Crippen LogP contribution in [0.5, 0.6) is 11.5 Å². The first kappa shape index (κ1) is 12.5. The number of nitrogens with zero attached hydrogens (tertiary/aromatic N) is 2. The molecule has 0 saturated heterocycles. The Morgan fingerprint density at radius 2 is 2.30 bits per heavy atom. The molecule has 0 unspecified atom stereocenters. The monoisotopic (exact) mass is 272 g/mol. The van der Waals surface area contributed by atoms with Crippen molar-refractivity contribution in [2.24, 2.45) is 0 Å². The molecule has 0 fully saturated rings. The highest BCUT2D eigenvalue weighted by Crippen LogP contribution is 2.35. The van der Waals surface area contributed by atoms with Gasteiger partial charge >= 0.3 is 0 Å². The van der Waals surface area contributed by atoms with Gasteiger partial charge in [0.15, 0.2) is 11.5 Å². The first-order valence-electron chi connectivity index (χ1n) is 6.58. The van der Waals surface area contributed by atoms with Gasteiger partial charge in [-0.25, -0.2) is 0 Å². The van der Waals surface area contributed by atoms with Gasteiger partial charge in [0.05, 0.1) is 18.1 Å². The van der Waals surface area contributed by atoms with Crippen molar-refractivity contribution < 1.29 is 9.53 Å². The summed E-state index contributed by atoms with van der Waals surface area (Å²) in [6.07, 6.45) is 4.65. The molecule has 2 heterocycles.